The van der Waals surface area contributed by atoms with Crippen molar-refractivity contribution in [3.8, 4) is 11.5 Å². The second-order valence-electron chi connectivity index (χ2n) is 4.35. The van der Waals surface area contributed by atoms with Gasteiger partial charge in [-0.2, -0.15) is 0 Å². The number of ether oxygens (including phenoxy) is 2. The molecule has 0 spiro atoms. The molecule has 0 atom stereocenters. The summed E-state index contributed by atoms with van der Waals surface area (Å²) in [5, 5.41) is 3.36. The summed E-state index contributed by atoms with van der Waals surface area (Å²) in [5.41, 5.74) is 1.29. The van der Waals surface area contributed by atoms with Crippen LogP contribution in [-0.2, 0) is 6.42 Å². The first-order valence-electron chi connectivity index (χ1n) is 6.75. The van der Waals surface area contributed by atoms with E-state index < -0.39 is 0 Å². The Hall–Kier alpha value is -2.07. The van der Waals surface area contributed by atoms with E-state index >= 15 is 0 Å². The van der Waals surface area contributed by atoms with Crippen molar-refractivity contribution in [3.63, 3.8) is 0 Å². The molecule has 0 unspecified atom stereocenters. The van der Waals surface area contributed by atoms with Crippen molar-refractivity contribution in [1.29, 1.82) is 0 Å². The molecule has 2 rings (SSSR count). The number of hydrogen-bond acceptors (Lipinski definition) is 4. The summed E-state index contributed by atoms with van der Waals surface area (Å²) in [6, 6.07) is 11.7. The number of pyridine rings is 1. The molecule has 2 aromatic rings. The van der Waals surface area contributed by atoms with Gasteiger partial charge >= 0.3 is 0 Å². The lowest BCUT2D eigenvalue weighted by Crippen LogP contribution is -2.23. The first-order chi connectivity index (χ1) is 9.90. The predicted molar refractivity (Wildman–Crippen MR) is 79.3 cm³/mol. The lowest BCUT2D eigenvalue weighted by molar-refractivity contribution is 0.292. The van der Waals surface area contributed by atoms with Crippen LogP contribution in [0.3, 0.4) is 0 Å². The van der Waals surface area contributed by atoms with Gasteiger partial charge in [0, 0.05) is 18.9 Å². The summed E-state index contributed by atoms with van der Waals surface area (Å²) in [4.78, 5) is 4.00. The first-order valence-corrected chi connectivity index (χ1v) is 6.75. The van der Waals surface area contributed by atoms with Crippen molar-refractivity contribution in [2.45, 2.75) is 6.42 Å². The number of nitrogens with zero attached hydrogens (tertiary/aromatic N) is 1. The molecular weight excluding hydrogens is 252 g/mol. The number of methoxy groups -OCH3 is 1. The van der Waals surface area contributed by atoms with Crippen LogP contribution in [0.4, 0.5) is 0 Å². The highest BCUT2D eigenvalue weighted by Crippen LogP contribution is 2.25. The third-order valence-corrected chi connectivity index (χ3v) is 2.95. The summed E-state index contributed by atoms with van der Waals surface area (Å²) in [7, 11) is 1.65. The second-order valence-corrected chi connectivity index (χ2v) is 4.35. The second kappa shape index (κ2) is 8.17. The van der Waals surface area contributed by atoms with Crippen LogP contribution in [-0.4, -0.2) is 31.8 Å². The van der Waals surface area contributed by atoms with Crippen molar-refractivity contribution in [3.05, 3.63) is 54.4 Å². The molecule has 4 nitrogen and oxygen atoms in total. The average Bonchev–Trinajstić information content (AvgIpc) is 2.52. The fourth-order valence-electron chi connectivity index (χ4n) is 1.88. The maximum atomic E-state index is 5.68. The lowest BCUT2D eigenvalue weighted by Gasteiger charge is -2.10. The van der Waals surface area contributed by atoms with Crippen molar-refractivity contribution >= 4 is 0 Å². The summed E-state index contributed by atoms with van der Waals surface area (Å²) in [6.45, 7) is 2.36. The normalized spacial score (nSPS) is 10.2. The predicted octanol–water partition coefficient (Wildman–Crippen LogP) is 2.30. The van der Waals surface area contributed by atoms with Gasteiger partial charge in [0.1, 0.15) is 6.61 Å². The van der Waals surface area contributed by atoms with Crippen LogP contribution >= 0.6 is 0 Å². The highest BCUT2D eigenvalue weighted by molar-refractivity contribution is 5.39. The van der Waals surface area contributed by atoms with Gasteiger partial charge < -0.3 is 14.8 Å². The van der Waals surface area contributed by atoms with Crippen LogP contribution in [0.25, 0.3) is 0 Å². The molecule has 1 N–H and O–H groups in total. The van der Waals surface area contributed by atoms with Gasteiger partial charge in [0.05, 0.1) is 7.11 Å². The molecule has 1 aromatic carbocycles. The van der Waals surface area contributed by atoms with Crippen LogP contribution in [0.15, 0.2) is 48.8 Å². The third-order valence-electron chi connectivity index (χ3n) is 2.95. The smallest absolute Gasteiger partial charge is 0.161 e. The SMILES string of the molecule is COc1ccccc1OCCNCCc1ccncc1. The molecule has 0 aliphatic rings. The largest absolute Gasteiger partial charge is 0.493 e. The minimum atomic E-state index is 0.622. The van der Waals surface area contributed by atoms with E-state index in [1.165, 1.54) is 5.56 Å². The van der Waals surface area contributed by atoms with Crippen molar-refractivity contribution in [2.24, 2.45) is 0 Å². The zero-order chi connectivity index (χ0) is 14.0. The molecular formula is C16H20N2O2. The molecule has 20 heavy (non-hydrogen) atoms. The van der Waals surface area contributed by atoms with Gasteiger partial charge in [-0.3, -0.25) is 4.98 Å². The van der Waals surface area contributed by atoms with E-state index in [1.54, 1.807) is 7.11 Å². The highest BCUT2D eigenvalue weighted by Gasteiger charge is 2.01. The van der Waals surface area contributed by atoms with Crippen LogP contribution in [0, 0.1) is 0 Å². The molecule has 0 aliphatic carbocycles. The summed E-state index contributed by atoms with van der Waals surface area (Å²) in [5.74, 6) is 1.55. The molecule has 106 valence electrons. The maximum absolute atomic E-state index is 5.68. The highest BCUT2D eigenvalue weighted by atomic mass is 16.5. The maximum Gasteiger partial charge on any atom is 0.161 e. The average molecular weight is 272 g/mol. The summed E-state index contributed by atoms with van der Waals surface area (Å²) < 4.78 is 10.9. The van der Waals surface area contributed by atoms with Gasteiger partial charge in [-0.1, -0.05) is 12.1 Å². The standard InChI is InChI=1S/C16H20N2O2/c1-19-15-4-2-3-5-16(15)20-13-12-18-11-8-14-6-9-17-10-7-14/h2-7,9-10,18H,8,11-13H2,1H3. The van der Waals surface area contributed by atoms with Gasteiger partial charge in [-0.25, -0.2) is 0 Å². The zero-order valence-corrected chi connectivity index (χ0v) is 11.7. The Labute approximate surface area is 119 Å². The molecule has 0 radical (unpaired) electrons. The van der Waals surface area contributed by atoms with E-state index in [2.05, 4.69) is 10.3 Å². The molecule has 1 heterocycles. The number of benzene rings is 1. The fraction of sp³-hybridized carbons (Fsp3) is 0.312. The van der Waals surface area contributed by atoms with E-state index in [0.29, 0.717) is 6.61 Å². The Morgan fingerprint density at radius 2 is 1.75 bits per heavy atom. The molecule has 0 aliphatic heterocycles. The Kier molecular flexibility index (Phi) is 5.86. The minimum Gasteiger partial charge on any atom is -0.493 e. The third kappa shape index (κ3) is 4.55. The first kappa shape index (κ1) is 14.3. The fourth-order valence-corrected chi connectivity index (χ4v) is 1.88. The quantitative estimate of drug-likeness (QED) is 0.749. The molecule has 0 saturated carbocycles. The number of aromatic nitrogens is 1. The Morgan fingerprint density at radius 3 is 2.50 bits per heavy atom. The Morgan fingerprint density at radius 1 is 1.00 bits per heavy atom. The van der Waals surface area contributed by atoms with E-state index in [-0.39, 0.29) is 0 Å². The van der Waals surface area contributed by atoms with E-state index in [4.69, 9.17) is 9.47 Å². The molecule has 1 aromatic heterocycles. The van der Waals surface area contributed by atoms with Crippen molar-refractivity contribution < 1.29 is 9.47 Å². The topological polar surface area (TPSA) is 43.4 Å². The van der Waals surface area contributed by atoms with Gasteiger partial charge in [-0.05, 0) is 42.8 Å². The molecule has 0 bridgehead atoms. The minimum absolute atomic E-state index is 0.622. The van der Waals surface area contributed by atoms with Crippen LogP contribution in [0.2, 0.25) is 0 Å². The zero-order valence-electron chi connectivity index (χ0n) is 11.7. The number of nitrogens with one attached hydrogen (secondary N) is 1. The molecule has 0 amide bonds. The van der Waals surface area contributed by atoms with E-state index in [0.717, 1.165) is 31.0 Å². The summed E-state index contributed by atoms with van der Waals surface area (Å²) in [6.07, 6.45) is 4.64. The summed E-state index contributed by atoms with van der Waals surface area (Å²) >= 11 is 0. The van der Waals surface area contributed by atoms with Crippen LogP contribution in [0.1, 0.15) is 5.56 Å². The Balaban J connectivity index is 1.62. The number of para-hydroxylation sites is 2. The van der Waals surface area contributed by atoms with E-state index in [9.17, 15) is 0 Å². The van der Waals surface area contributed by atoms with Crippen LogP contribution in [0.5, 0.6) is 11.5 Å². The number of hydrogen-bond donors (Lipinski definition) is 1. The number of rotatable bonds is 8. The van der Waals surface area contributed by atoms with Gasteiger partial charge in [0.25, 0.3) is 0 Å². The van der Waals surface area contributed by atoms with Crippen molar-refractivity contribution in [1.82, 2.24) is 10.3 Å². The molecule has 0 fully saturated rings. The van der Waals surface area contributed by atoms with Gasteiger partial charge in [-0.15, -0.1) is 0 Å². The lowest BCUT2D eigenvalue weighted by atomic mass is 10.2. The molecule has 0 saturated heterocycles. The molecule has 4 heteroatoms. The van der Waals surface area contributed by atoms with E-state index in [1.807, 2.05) is 48.8 Å². The van der Waals surface area contributed by atoms with Crippen molar-refractivity contribution in [2.75, 3.05) is 26.8 Å². The van der Waals surface area contributed by atoms with Crippen LogP contribution < -0.4 is 14.8 Å². The van der Waals surface area contributed by atoms with Gasteiger partial charge in [0.2, 0.25) is 0 Å². The monoisotopic (exact) mass is 272 g/mol. The Bertz CT molecular complexity index is 503. The van der Waals surface area contributed by atoms with Gasteiger partial charge in [0.15, 0.2) is 11.5 Å².